The van der Waals surface area contributed by atoms with Crippen LogP contribution < -0.4 is 42.6 Å². The lowest BCUT2D eigenvalue weighted by Crippen LogP contribution is -2.68. The summed E-state index contributed by atoms with van der Waals surface area (Å²) in [5.41, 5.74) is 17.8. The van der Waals surface area contributed by atoms with Crippen molar-refractivity contribution in [1.82, 2.24) is 0 Å². The largest absolute Gasteiger partial charge is 0.312 e. The van der Waals surface area contributed by atoms with Crippen LogP contribution in [0.4, 0.5) is 42.9 Å². The maximum Gasteiger partial charge on any atom is 0.252 e. The van der Waals surface area contributed by atoms with Gasteiger partial charge in [0.15, 0.2) is 0 Å². The number of hydrogen-bond donors (Lipinski definition) is 0. The number of anilines is 6. The van der Waals surface area contributed by atoms with Crippen LogP contribution in [0.15, 0.2) is 204 Å². The topological polar surface area (TPSA) is 6.48 Å². The van der Waals surface area contributed by atoms with Crippen LogP contribution in [0.25, 0.3) is 27.8 Å². The lowest BCUT2D eigenvalue weighted by atomic mass is 9.29. The molecular formula is C55H36B2F2N2S. The minimum Gasteiger partial charge on any atom is -0.312 e. The van der Waals surface area contributed by atoms with Crippen molar-refractivity contribution in [1.29, 1.82) is 0 Å². The maximum atomic E-state index is 17.0. The number of benzene rings is 8. The van der Waals surface area contributed by atoms with Gasteiger partial charge in [0.2, 0.25) is 6.71 Å². The van der Waals surface area contributed by atoms with Gasteiger partial charge in [-0.3, -0.25) is 0 Å². The van der Waals surface area contributed by atoms with Crippen LogP contribution in [0.1, 0.15) is 12.5 Å². The van der Waals surface area contributed by atoms with Crippen molar-refractivity contribution in [3.05, 3.63) is 212 Å². The second-order valence-electron chi connectivity index (χ2n) is 16.2. The summed E-state index contributed by atoms with van der Waals surface area (Å²) in [6.45, 7) is 5.72. The molecule has 4 aliphatic heterocycles. The first-order valence-electron chi connectivity index (χ1n) is 21.0. The first-order valence-corrected chi connectivity index (χ1v) is 21.8. The van der Waals surface area contributed by atoms with Crippen molar-refractivity contribution in [2.24, 2.45) is 0 Å². The van der Waals surface area contributed by atoms with Gasteiger partial charge in [-0.1, -0.05) is 176 Å². The van der Waals surface area contributed by atoms with Gasteiger partial charge in [0, 0.05) is 43.7 Å². The van der Waals surface area contributed by atoms with Crippen LogP contribution in [0.3, 0.4) is 0 Å². The summed E-state index contributed by atoms with van der Waals surface area (Å²) in [6, 6.07) is 55.7. The summed E-state index contributed by atoms with van der Waals surface area (Å²) in [5.74, 6) is -1.25. The third-order valence-corrected chi connectivity index (χ3v) is 14.2. The summed E-state index contributed by atoms with van der Waals surface area (Å²) < 4.78 is 34.0. The Kier molecular flexibility index (Phi) is 8.45. The molecule has 8 aromatic carbocycles. The van der Waals surface area contributed by atoms with Crippen molar-refractivity contribution in [2.75, 3.05) is 9.80 Å². The van der Waals surface area contributed by atoms with E-state index in [0.717, 1.165) is 88.0 Å². The second-order valence-corrected chi connectivity index (χ2v) is 17.3. The Balaban J connectivity index is 1.35. The van der Waals surface area contributed by atoms with E-state index in [1.54, 1.807) is 17.8 Å². The number of fused-ring (bicyclic) bond motifs is 10. The van der Waals surface area contributed by atoms with E-state index in [4.69, 9.17) is 0 Å². The minimum absolute atomic E-state index is 0.0950. The molecule has 7 heteroatoms. The van der Waals surface area contributed by atoms with Crippen molar-refractivity contribution >= 4 is 97.7 Å². The van der Waals surface area contributed by atoms with Gasteiger partial charge in [-0.2, -0.15) is 0 Å². The summed E-state index contributed by atoms with van der Waals surface area (Å²) in [4.78, 5) is 6.62. The van der Waals surface area contributed by atoms with Gasteiger partial charge in [0.25, 0.3) is 6.71 Å². The molecule has 0 spiro atoms. The number of nitrogens with zero attached hydrogens (tertiary/aromatic N) is 2. The lowest BCUT2D eigenvalue weighted by molar-refractivity contribution is 0.586. The van der Waals surface area contributed by atoms with Gasteiger partial charge in [-0.05, 0) is 92.9 Å². The molecule has 0 radical (unpaired) electrons. The summed E-state index contributed by atoms with van der Waals surface area (Å²) in [6.07, 6.45) is 7.86. The fourth-order valence-corrected chi connectivity index (χ4v) is 11.9. The zero-order valence-electron chi connectivity index (χ0n) is 33.8. The Morgan fingerprint density at radius 2 is 1.10 bits per heavy atom. The number of allylic oxidation sites excluding steroid dienone is 5. The molecule has 4 aliphatic rings. The predicted octanol–water partition coefficient (Wildman–Crippen LogP) is 10.8. The number of hydrogen-bond acceptors (Lipinski definition) is 3. The Morgan fingerprint density at radius 3 is 1.76 bits per heavy atom. The maximum absolute atomic E-state index is 17.0. The van der Waals surface area contributed by atoms with E-state index in [1.807, 2.05) is 35.3 Å². The van der Waals surface area contributed by atoms with Gasteiger partial charge in [0.05, 0.1) is 5.69 Å². The molecule has 0 amide bonds. The quantitative estimate of drug-likeness (QED) is 0.122. The average Bonchev–Trinajstić information content (AvgIpc) is 3.31. The minimum atomic E-state index is -0.626. The predicted molar refractivity (Wildman–Crippen MR) is 259 cm³/mol. The molecule has 0 saturated carbocycles. The molecule has 0 fully saturated rings. The Bertz CT molecular complexity index is 3240. The van der Waals surface area contributed by atoms with Crippen LogP contribution in [-0.4, -0.2) is 13.4 Å². The van der Waals surface area contributed by atoms with E-state index >= 15 is 8.78 Å². The van der Waals surface area contributed by atoms with Crippen molar-refractivity contribution in [3.8, 4) is 22.3 Å². The summed E-state index contributed by atoms with van der Waals surface area (Å²) in [5, 5.41) is 0. The van der Waals surface area contributed by atoms with E-state index in [-0.39, 0.29) is 19.1 Å². The van der Waals surface area contributed by atoms with E-state index < -0.39 is 11.6 Å². The molecule has 292 valence electrons. The molecule has 0 N–H and O–H groups in total. The average molecular weight is 817 g/mol. The highest BCUT2D eigenvalue weighted by Gasteiger charge is 2.52. The van der Waals surface area contributed by atoms with Crippen molar-refractivity contribution in [3.63, 3.8) is 0 Å². The van der Waals surface area contributed by atoms with E-state index in [1.165, 1.54) is 34.6 Å². The molecule has 2 nitrogen and oxygen atoms in total. The Labute approximate surface area is 365 Å². The highest BCUT2D eigenvalue weighted by molar-refractivity contribution is 8.00. The zero-order chi connectivity index (χ0) is 41.6. The fourth-order valence-electron chi connectivity index (χ4n) is 10.6. The van der Waals surface area contributed by atoms with E-state index in [0.29, 0.717) is 0 Å². The fraction of sp³-hybridized carbons (Fsp3) is 0.0182. The SMILES string of the molecule is C=C/C=C\C=C(/C)c1cccc(-c2ccccc2)c1-c1c2c3c4c5c1N(c1c(F)cccc1F)c1ccccc1B5c1ccccc1N4c1ccccc1B3c1ccccc1S2. The molecular weight excluding hydrogens is 780 g/mol. The van der Waals surface area contributed by atoms with Gasteiger partial charge >= 0.3 is 0 Å². The summed E-state index contributed by atoms with van der Waals surface area (Å²) >= 11 is 1.77. The molecule has 0 unspecified atom stereocenters. The monoisotopic (exact) mass is 816 g/mol. The molecule has 0 aliphatic carbocycles. The van der Waals surface area contributed by atoms with E-state index in [9.17, 15) is 0 Å². The highest BCUT2D eigenvalue weighted by atomic mass is 32.2. The molecule has 0 atom stereocenters. The van der Waals surface area contributed by atoms with Gasteiger partial charge in [-0.25, -0.2) is 8.78 Å². The van der Waals surface area contributed by atoms with Crippen LogP contribution in [0, 0.1) is 11.6 Å². The van der Waals surface area contributed by atoms with Crippen LogP contribution in [0.2, 0.25) is 0 Å². The van der Waals surface area contributed by atoms with Crippen molar-refractivity contribution < 1.29 is 8.78 Å². The first-order chi connectivity index (χ1) is 30.5. The van der Waals surface area contributed by atoms with Crippen LogP contribution in [-0.2, 0) is 0 Å². The first kappa shape index (κ1) is 36.7. The zero-order valence-corrected chi connectivity index (χ0v) is 34.6. The van der Waals surface area contributed by atoms with E-state index in [2.05, 4.69) is 152 Å². The number of halogens is 2. The molecule has 8 aromatic rings. The van der Waals surface area contributed by atoms with Gasteiger partial charge < -0.3 is 9.80 Å². The third-order valence-electron chi connectivity index (χ3n) is 13.0. The second kappa shape index (κ2) is 14.3. The highest BCUT2D eigenvalue weighted by Crippen LogP contribution is 2.56. The van der Waals surface area contributed by atoms with Gasteiger partial charge in [-0.15, -0.1) is 0 Å². The van der Waals surface area contributed by atoms with Crippen LogP contribution in [0.5, 0.6) is 0 Å². The lowest BCUT2D eigenvalue weighted by Gasteiger charge is -2.50. The van der Waals surface area contributed by atoms with Gasteiger partial charge in [0.1, 0.15) is 17.3 Å². The van der Waals surface area contributed by atoms with Crippen molar-refractivity contribution in [2.45, 2.75) is 16.7 Å². The smallest absolute Gasteiger partial charge is 0.252 e. The number of rotatable bonds is 6. The molecule has 4 heterocycles. The molecule has 0 aromatic heterocycles. The standard InChI is InChI=1S/C55H36B2F2N2S/c1-3-4-6-19-34(2)36-22-17-23-37(35-20-7-5-8-21-35)48(36)49-53-50-54-51-55(49)62-47-33-16-12-27-41(47)57(51)39-25-10-14-31-45(39)60(54)44-30-13-9-24-38(44)56(50)40-26-11-15-32-46(40)61(53)52-42(58)28-18-29-43(52)59/h3-33H,1H2,2H3/b6-4-,34-19+. The molecule has 12 rings (SSSR count). The Morgan fingerprint density at radius 1 is 0.532 bits per heavy atom. The molecule has 0 saturated heterocycles. The molecule has 0 bridgehead atoms. The number of para-hydroxylation sites is 4. The summed E-state index contributed by atoms with van der Waals surface area (Å²) in [7, 11) is 0. The Hall–Kier alpha value is -7.08. The molecule has 62 heavy (non-hydrogen) atoms. The third kappa shape index (κ3) is 5.18. The van der Waals surface area contributed by atoms with Crippen LogP contribution >= 0.6 is 11.8 Å². The normalized spacial score (nSPS) is 14.0.